The number of aryl methyl sites for hydroxylation is 1. The van der Waals surface area contributed by atoms with E-state index < -0.39 is 0 Å². The lowest BCUT2D eigenvalue weighted by Crippen LogP contribution is -2.39. The van der Waals surface area contributed by atoms with Crippen LogP contribution in [0.4, 0.5) is 17.3 Å². The van der Waals surface area contributed by atoms with Crippen LogP contribution in [0.1, 0.15) is 24.4 Å². The summed E-state index contributed by atoms with van der Waals surface area (Å²) in [5, 5.41) is 9.39. The number of nitrogen functional groups attached to an aromatic ring is 1. The molecule has 9 heteroatoms. The highest BCUT2D eigenvalue weighted by atomic mass is 16.2. The average Bonchev–Trinajstić information content (AvgIpc) is 3.24. The molecule has 0 radical (unpaired) electrons. The number of rotatable bonds is 4. The normalized spacial score (nSPS) is 16.5. The number of aromatic nitrogens is 5. The minimum Gasteiger partial charge on any atom is -0.383 e. The molecule has 0 aromatic carbocycles. The van der Waals surface area contributed by atoms with Crippen molar-refractivity contribution in [3.63, 3.8) is 0 Å². The number of piperidine rings is 1. The number of nitrogens with zero attached hydrogens (tertiary/aromatic N) is 6. The van der Waals surface area contributed by atoms with E-state index in [1.807, 2.05) is 38.4 Å². The number of carbonyl (C=O) groups is 1. The van der Waals surface area contributed by atoms with Gasteiger partial charge in [0.2, 0.25) is 5.91 Å². The maximum Gasteiger partial charge on any atom is 0.247 e. The van der Waals surface area contributed by atoms with Gasteiger partial charge in [-0.05, 0) is 48.9 Å². The largest absolute Gasteiger partial charge is 0.383 e. The van der Waals surface area contributed by atoms with Crippen molar-refractivity contribution in [1.82, 2.24) is 29.6 Å². The van der Waals surface area contributed by atoms with Gasteiger partial charge < -0.3 is 16.0 Å². The lowest BCUT2D eigenvalue weighted by molar-refractivity contribution is -0.136. The molecule has 4 aromatic heterocycles. The van der Waals surface area contributed by atoms with Crippen LogP contribution in [0.5, 0.6) is 0 Å². The second kappa shape index (κ2) is 7.92. The Labute approximate surface area is 185 Å². The molecule has 4 aromatic rings. The third kappa shape index (κ3) is 3.62. The first kappa shape index (κ1) is 19.9. The van der Waals surface area contributed by atoms with Gasteiger partial charge in [0, 0.05) is 49.3 Å². The van der Waals surface area contributed by atoms with E-state index in [0.717, 1.165) is 52.7 Å². The Kier molecular flexibility index (Phi) is 4.93. The van der Waals surface area contributed by atoms with E-state index in [0.29, 0.717) is 11.6 Å². The fourth-order valence-electron chi connectivity index (χ4n) is 4.09. The third-order valence-corrected chi connectivity index (χ3v) is 5.89. The smallest absolute Gasteiger partial charge is 0.247 e. The predicted octanol–water partition coefficient (Wildman–Crippen LogP) is 3.32. The van der Waals surface area contributed by atoms with Crippen molar-refractivity contribution in [3.05, 3.63) is 54.7 Å². The lowest BCUT2D eigenvalue weighted by Gasteiger charge is -2.29. The van der Waals surface area contributed by atoms with Crippen molar-refractivity contribution in [1.29, 1.82) is 0 Å². The number of pyridine rings is 3. The lowest BCUT2D eigenvalue weighted by atomic mass is 10.1. The fraction of sp³-hybridized carbons (Fsp3) is 0.261. The highest BCUT2D eigenvalue weighted by Gasteiger charge is 2.28. The van der Waals surface area contributed by atoms with Crippen LogP contribution in [-0.2, 0) is 4.79 Å². The second-order valence-electron chi connectivity index (χ2n) is 8.13. The number of nitrogens with one attached hydrogen (secondary N) is 1. The van der Waals surface area contributed by atoms with Crippen LogP contribution >= 0.6 is 0 Å². The molecule has 1 saturated heterocycles. The van der Waals surface area contributed by atoms with Gasteiger partial charge in [-0.3, -0.25) is 14.5 Å². The summed E-state index contributed by atoms with van der Waals surface area (Å²) in [6.45, 7) is 2.81. The van der Waals surface area contributed by atoms with Gasteiger partial charge in [0.05, 0.1) is 17.6 Å². The first-order valence-electron chi connectivity index (χ1n) is 10.5. The molecule has 1 fully saturated rings. The molecule has 5 heterocycles. The van der Waals surface area contributed by atoms with Gasteiger partial charge in [-0.15, -0.1) is 0 Å². The monoisotopic (exact) mass is 428 g/mol. The van der Waals surface area contributed by atoms with Crippen molar-refractivity contribution < 1.29 is 4.79 Å². The number of fused-ring (bicyclic) bond motifs is 1. The van der Waals surface area contributed by atoms with Gasteiger partial charge in [-0.1, -0.05) is 0 Å². The topological polar surface area (TPSA) is 115 Å². The average molecular weight is 429 g/mol. The molecule has 5 rings (SSSR count). The third-order valence-electron chi connectivity index (χ3n) is 5.89. The Morgan fingerprint density at radius 1 is 1.22 bits per heavy atom. The van der Waals surface area contributed by atoms with Crippen molar-refractivity contribution >= 4 is 34.0 Å². The molecule has 32 heavy (non-hydrogen) atoms. The number of amides is 1. The van der Waals surface area contributed by atoms with E-state index >= 15 is 0 Å². The number of hydrogen-bond donors (Lipinski definition) is 2. The number of nitrogens with two attached hydrogens (primary N) is 1. The van der Waals surface area contributed by atoms with E-state index in [1.165, 1.54) is 0 Å². The second-order valence-corrected chi connectivity index (χ2v) is 8.13. The first-order valence-corrected chi connectivity index (χ1v) is 10.5. The fourth-order valence-corrected chi connectivity index (χ4v) is 4.09. The van der Waals surface area contributed by atoms with Crippen LogP contribution in [-0.4, -0.2) is 49.1 Å². The summed E-state index contributed by atoms with van der Waals surface area (Å²) in [6, 6.07) is 5.61. The van der Waals surface area contributed by atoms with Crippen LogP contribution < -0.4 is 11.1 Å². The summed E-state index contributed by atoms with van der Waals surface area (Å²) < 4.78 is 1.73. The van der Waals surface area contributed by atoms with E-state index in [4.69, 9.17) is 5.73 Å². The molecular formula is C23H24N8O. The van der Waals surface area contributed by atoms with Crippen LogP contribution in [0.25, 0.3) is 22.0 Å². The standard InChI is InChI=1S/C23H24N8O/c1-14-5-6-25-11-17(14)19-8-15-9-21(26-12-18(15)22(24)29-19)28-16-10-27-31(13-16)20-4-3-7-30(2)23(20)32/h5-6,8-13,20H,3-4,7H2,1-2H3,(H2,24,29)(H,26,28). The van der Waals surface area contributed by atoms with E-state index in [1.54, 1.807) is 34.4 Å². The van der Waals surface area contributed by atoms with Crippen molar-refractivity contribution in [2.75, 3.05) is 24.6 Å². The number of likely N-dealkylation sites (N-methyl/N-ethyl adjacent to an activating group) is 1. The highest BCUT2D eigenvalue weighted by molar-refractivity contribution is 5.94. The quantitative estimate of drug-likeness (QED) is 0.512. The Hall–Kier alpha value is -4.01. The number of carbonyl (C=O) groups excluding carboxylic acids is 1. The minimum atomic E-state index is -0.259. The van der Waals surface area contributed by atoms with Gasteiger partial charge in [0.25, 0.3) is 0 Å². The van der Waals surface area contributed by atoms with E-state index in [-0.39, 0.29) is 11.9 Å². The van der Waals surface area contributed by atoms with Crippen molar-refractivity contribution in [3.8, 4) is 11.3 Å². The molecule has 0 bridgehead atoms. The molecule has 9 nitrogen and oxygen atoms in total. The van der Waals surface area contributed by atoms with Gasteiger partial charge in [0.15, 0.2) is 0 Å². The summed E-state index contributed by atoms with van der Waals surface area (Å²) in [5.74, 6) is 1.17. The summed E-state index contributed by atoms with van der Waals surface area (Å²) in [6.07, 6.45) is 10.6. The van der Waals surface area contributed by atoms with Crippen LogP contribution in [0.3, 0.4) is 0 Å². The molecule has 1 amide bonds. The molecule has 0 aliphatic carbocycles. The summed E-state index contributed by atoms with van der Waals surface area (Å²) >= 11 is 0. The van der Waals surface area contributed by atoms with E-state index in [9.17, 15) is 4.79 Å². The molecular weight excluding hydrogens is 404 g/mol. The molecule has 162 valence electrons. The maximum absolute atomic E-state index is 12.5. The minimum absolute atomic E-state index is 0.0935. The van der Waals surface area contributed by atoms with Crippen molar-refractivity contribution in [2.45, 2.75) is 25.8 Å². The maximum atomic E-state index is 12.5. The predicted molar refractivity (Wildman–Crippen MR) is 123 cm³/mol. The molecule has 1 aliphatic rings. The molecule has 0 spiro atoms. The molecule has 1 atom stereocenters. The Balaban J connectivity index is 1.44. The Morgan fingerprint density at radius 3 is 2.94 bits per heavy atom. The van der Waals surface area contributed by atoms with Crippen LogP contribution in [0, 0.1) is 6.92 Å². The van der Waals surface area contributed by atoms with Gasteiger partial charge in [0.1, 0.15) is 17.7 Å². The zero-order valence-electron chi connectivity index (χ0n) is 18.0. The van der Waals surface area contributed by atoms with Crippen molar-refractivity contribution in [2.24, 2.45) is 0 Å². The van der Waals surface area contributed by atoms with Crippen LogP contribution in [0.2, 0.25) is 0 Å². The summed E-state index contributed by atoms with van der Waals surface area (Å²) in [4.78, 5) is 27.4. The molecule has 1 unspecified atom stereocenters. The SMILES string of the molecule is Cc1ccncc1-c1cc2cc(Nc3cnn(C4CCCN(C)C4=O)c3)ncc2c(N)n1. The number of hydrogen-bond acceptors (Lipinski definition) is 7. The summed E-state index contributed by atoms with van der Waals surface area (Å²) in [5.41, 5.74) is 9.77. The number of likely N-dealkylation sites (tertiary alicyclic amines) is 1. The molecule has 3 N–H and O–H groups in total. The Bertz CT molecular complexity index is 1310. The first-order chi connectivity index (χ1) is 15.5. The zero-order valence-corrected chi connectivity index (χ0v) is 18.0. The summed E-state index contributed by atoms with van der Waals surface area (Å²) in [7, 11) is 1.83. The zero-order chi connectivity index (χ0) is 22.2. The molecule has 0 saturated carbocycles. The van der Waals surface area contributed by atoms with Gasteiger partial charge in [-0.2, -0.15) is 5.10 Å². The van der Waals surface area contributed by atoms with E-state index in [2.05, 4.69) is 25.4 Å². The van der Waals surface area contributed by atoms with Gasteiger partial charge >= 0.3 is 0 Å². The van der Waals surface area contributed by atoms with Gasteiger partial charge in [-0.25, -0.2) is 9.97 Å². The number of anilines is 3. The Morgan fingerprint density at radius 2 is 2.09 bits per heavy atom. The highest BCUT2D eigenvalue weighted by Crippen LogP contribution is 2.29. The van der Waals surface area contributed by atoms with Crippen LogP contribution in [0.15, 0.2) is 49.2 Å². The molecule has 1 aliphatic heterocycles.